The van der Waals surface area contributed by atoms with Crippen molar-refractivity contribution in [2.45, 2.75) is 6.92 Å². The summed E-state index contributed by atoms with van der Waals surface area (Å²) in [6.07, 6.45) is 0. The quantitative estimate of drug-likeness (QED) is 0.668. The summed E-state index contributed by atoms with van der Waals surface area (Å²) in [6.45, 7) is 2.57. The Balaban J connectivity index is 2.42. The van der Waals surface area contributed by atoms with Crippen molar-refractivity contribution in [1.82, 2.24) is 4.98 Å². The maximum absolute atomic E-state index is 11.0. The number of hydrogen-bond acceptors (Lipinski definition) is 5. The highest BCUT2D eigenvalue weighted by Gasteiger charge is 2.14. The van der Waals surface area contributed by atoms with Crippen LogP contribution in [0, 0.1) is 10.1 Å². The second kappa shape index (κ2) is 6.01. The van der Waals surface area contributed by atoms with Crippen LogP contribution in [0.4, 0.5) is 23.0 Å². The Hall–Kier alpha value is -2.63. The minimum Gasteiger partial charge on any atom is -0.370 e. The van der Waals surface area contributed by atoms with Gasteiger partial charge in [-0.15, -0.1) is 0 Å². The lowest BCUT2D eigenvalue weighted by Crippen LogP contribution is -2.12. The van der Waals surface area contributed by atoms with Gasteiger partial charge in [-0.25, -0.2) is 4.98 Å². The minimum absolute atomic E-state index is 0.0220. The van der Waals surface area contributed by atoms with Crippen molar-refractivity contribution in [3.8, 4) is 0 Å². The van der Waals surface area contributed by atoms with Crippen LogP contribution in [0.25, 0.3) is 0 Å². The molecule has 0 aliphatic carbocycles. The highest BCUT2D eigenvalue weighted by molar-refractivity contribution is 5.64. The van der Waals surface area contributed by atoms with Gasteiger partial charge in [0.05, 0.1) is 17.1 Å². The SMILES string of the molecule is CCNc1cc([N+](=O)[O-])cc(N(C)c2ccccc2)n1. The summed E-state index contributed by atoms with van der Waals surface area (Å²) < 4.78 is 0. The Morgan fingerprint density at radius 3 is 2.60 bits per heavy atom. The van der Waals surface area contributed by atoms with Crippen molar-refractivity contribution in [3.05, 3.63) is 52.6 Å². The number of nitro groups is 1. The number of aromatic nitrogens is 1. The fourth-order valence-electron chi connectivity index (χ4n) is 1.83. The lowest BCUT2D eigenvalue weighted by atomic mass is 10.3. The van der Waals surface area contributed by atoms with Gasteiger partial charge in [0.25, 0.3) is 5.69 Å². The topological polar surface area (TPSA) is 71.3 Å². The average molecular weight is 272 g/mol. The molecule has 2 aromatic rings. The molecule has 0 aliphatic rings. The molecule has 0 amide bonds. The molecular weight excluding hydrogens is 256 g/mol. The summed E-state index contributed by atoms with van der Waals surface area (Å²) in [5.74, 6) is 1.03. The molecule has 20 heavy (non-hydrogen) atoms. The summed E-state index contributed by atoms with van der Waals surface area (Å²) >= 11 is 0. The van der Waals surface area contributed by atoms with Gasteiger partial charge < -0.3 is 10.2 Å². The Kier molecular flexibility index (Phi) is 4.14. The predicted octanol–water partition coefficient (Wildman–Crippen LogP) is 3.19. The Bertz CT molecular complexity index is 601. The molecule has 0 unspecified atom stereocenters. The van der Waals surface area contributed by atoms with E-state index in [9.17, 15) is 10.1 Å². The molecule has 6 heteroatoms. The van der Waals surface area contributed by atoms with Crippen LogP contribution in [-0.4, -0.2) is 23.5 Å². The van der Waals surface area contributed by atoms with Crippen LogP contribution in [-0.2, 0) is 0 Å². The van der Waals surface area contributed by atoms with Gasteiger partial charge in [-0.2, -0.15) is 0 Å². The van der Waals surface area contributed by atoms with E-state index in [4.69, 9.17) is 0 Å². The van der Waals surface area contributed by atoms with Gasteiger partial charge >= 0.3 is 0 Å². The first-order valence-electron chi connectivity index (χ1n) is 6.31. The monoisotopic (exact) mass is 272 g/mol. The van der Waals surface area contributed by atoms with E-state index in [1.54, 1.807) is 0 Å². The molecule has 0 spiro atoms. The fourth-order valence-corrected chi connectivity index (χ4v) is 1.83. The molecule has 0 fully saturated rings. The number of nitrogens with one attached hydrogen (secondary N) is 1. The maximum atomic E-state index is 11.0. The Labute approximate surface area is 117 Å². The molecule has 0 bridgehead atoms. The summed E-state index contributed by atoms with van der Waals surface area (Å²) in [6, 6.07) is 12.5. The molecule has 0 atom stereocenters. The van der Waals surface area contributed by atoms with Crippen LogP contribution in [0.5, 0.6) is 0 Å². The lowest BCUT2D eigenvalue weighted by molar-refractivity contribution is -0.384. The van der Waals surface area contributed by atoms with Crippen LogP contribution in [0.15, 0.2) is 42.5 Å². The second-order valence-corrected chi connectivity index (χ2v) is 4.25. The zero-order chi connectivity index (χ0) is 14.5. The fraction of sp³-hybridized carbons (Fsp3) is 0.214. The molecule has 1 aromatic heterocycles. The van der Waals surface area contributed by atoms with E-state index in [1.807, 2.05) is 49.2 Å². The Morgan fingerprint density at radius 1 is 1.30 bits per heavy atom. The van der Waals surface area contributed by atoms with Crippen molar-refractivity contribution < 1.29 is 4.92 Å². The van der Waals surface area contributed by atoms with Crippen LogP contribution >= 0.6 is 0 Å². The van der Waals surface area contributed by atoms with E-state index in [-0.39, 0.29) is 5.69 Å². The van der Waals surface area contributed by atoms with Gasteiger partial charge in [0.1, 0.15) is 11.6 Å². The number of hydrogen-bond donors (Lipinski definition) is 1. The van der Waals surface area contributed by atoms with E-state index in [0.717, 1.165) is 5.69 Å². The average Bonchev–Trinajstić information content (AvgIpc) is 2.47. The van der Waals surface area contributed by atoms with Crippen molar-refractivity contribution in [3.63, 3.8) is 0 Å². The number of nitrogens with zero attached hydrogens (tertiary/aromatic N) is 3. The standard InChI is InChI=1S/C14H16N4O2/c1-3-15-13-9-12(18(19)20)10-14(16-13)17(2)11-7-5-4-6-8-11/h4-10H,3H2,1-2H3,(H,15,16). The van der Waals surface area contributed by atoms with E-state index in [0.29, 0.717) is 18.2 Å². The van der Waals surface area contributed by atoms with Crippen molar-refractivity contribution in [1.29, 1.82) is 0 Å². The third-order valence-corrected chi connectivity index (χ3v) is 2.85. The number of benzene rings is 1. The predicted molar refractivity (Wildman–Crippen MR) is 79.6 cm³/mol. The first kappa shape index (κ1) is 13.8. The smallest absolute Gasteiger partial charge is 0.276 e. The van der Waals surface area contributed by atoms with Gasteiger partial charge in [-0.05, 0) is 19.1 Å². The zero-order valence-corrected chi connectivity index (χ0v) is 11.4. The Morgan fingerprint density at radius 2 is 2.00 bits per heavy atom. The summed E-state index contributed by atoms with van der Waals surface area (Å²) in [7, 11) is 1.83. The summed E-state index contributed by atoms with van der Waals surface area (Å²) in [5.41, 5.74) is 0.941. The van der Waals surface area contributed by atoms with E-state index >= 15 is 0 Å². The molecule has 1 heterocycles. The molecule has 2 rings (SSSR count). The third-order valence-electron chi connectivity index (χ3n) is 2.85. The number of rotatable bonds is 5. The largest absolute Gasteiger partial charge is 0.370 e. The molecule has 0 radical (unpaired) electrons. The molecular formula is C14H16N4O2. The molecule has 6 nitrogen and oxygen atoms in total. The lowest BCUT2D eigenvalue weighted by Gasteiger charge is -2.18. The molecule has 1 N–H and O–H groups in total. The highest BCUT2D eigenvalue weighted by Crippen LogP contribution is 2.27. The number of pyridine rings is 1. The van der Waals surface area contributed by atoms with Gasteiger partial charge in [0.2, 0.25) is 0 Å². The third kappa shape index (κ3) is 3.03. The van der Waals surface area contributed by atoms with Crippen LogP contribution in [0.3, 0.4) is 0 Å². The second-order valence-electron chi connectivity index (χ2n) is 4.25. The van der Waals surface area contributed by atoms with Gasteiger partial charge in [-0.1, -0.05) is 18.2 Å². The molecule has 104 valence electrons. The van der Waals surface area contributed by atoms with Gasteiger partial charge in [0, 0.05) is 19.3 Å². The molecule has 1 aromatic carbocycles. The normalized spacial score (nSPS) is 10.1. The summed E-state index contributed by atoms with van der Waals surface area (Å²) in [4.78, 5) is 16.8. The maximum Gasteiger partial charge on any atom is 0.276 e. The summed E-state index contributed by atoms with van der Waals surface area (Å²) in [5, 5.41) is 14.0. The molecule has 0 saturated heterocycles. The van der Waals surface area contributed by atoms with E-state index < -0.39 is 4.92 Å². The van der Waals surface area contributed by atoms with Crippen LogP contribution in [0.2, 0.25) is 0 Å². The van der Waals surface area contributed by atoms with Crippen LogP contribution < -0.4 is 10.2 Å². The van der Waals surface area contributed by atoms with E-state index in [1.165, 1.54) is 12.1 Å². The highest BCUT2D eigenvalue weighted by atomic mass is 16.6. The number of anilines is 3. The van der Waals surface area contributed by atoms with Gasteiger partial charge in [0.15, 0.2) is 0 Å². The van der Waals surface area contributed by atoms with Crippen molar-refractivity contribution in [2.75, 3.05) is 23.8 Å². The first-order chi connectivity index (χ1) is 9.61. The van der Waals surface area contributed by atoms with Crippen molar-refractivity contribution in [2.24, 2.45) is 0 Å². The van der Waals surface area contributed by atoms with Gasteiger partial charge in [-0.3, -0.25) is 10.1 Å². The zero-order valence-electron chi connectivity index (χ0n) is 11.4. The molecule has 0 aliphatic heterocycles. The first-order valence-corrected chi connectivity index (χ1v) is 6.31. The minimum atomic E-state index is -0.412. The van der Waals surface area contributed by atoms with Crippen LogP contribution in [0.1, 0.15) is 6.92 Å². The van der Waals surface area contributed by atoms with Crippen molar-refractivity contribution >= 4 is 23.0 Å². The van der Waals surface area contributed by atoms with E-state index in [2.05, 4.69) is 10.3 Å². The molecule has 0 saturated carbocycles. The number of para-hydroxylation sites is 1.